The number of phosphoric acid groups is 1. The second-order valence-corrected chi connectivity index (χ2v) is 19.1. The molecule has 10 nitrogen and oxygen atoms in total. The summed E-state index contributed by atoms with van der Waals surface area (Å²) in [6.45, 7) is 3.75. The normalized spacial score (nSPS) is 14.2. The number of allylic oxidation sites excluding steroid dienone is 12. The van der Waals surface area contributed by atoms with E-state index in [9.17, 15) is 19.0 Å². The smallest absolute Gasteiger partial charge is 0.472 e. The monoisotopic (exact) mass is 948 g/mol. The van der Waals surface area contributed by atoms with Crippen molar-refractivity contribution >= 4 is 19.8 Å². The van der Waals surface area contributed by atoms with Crippen LogP contribution in [0.15, 0.2) is 72.9 Å². The molecule has 382 valence electrons. The Bertz CT molecular complexity index is 1330. The van der Waals surface area contributed by atoms with Gasteiger partial charge in [0.05, 0.1) is 19.8 Å². The van der Waals surface area contributed by atoms with Crippen molar-refractivity contribution in [3.63, 3.8) is 0 Å². The van der Waals surface area contributed by atoms with Crippen molar-refractivity contribution in [2.24, 2.45) is 5.73 Å². The standard InChI is InChI=1S/C55H98NO9P/c1-3-5-7-9-11-13-15-17-19-21-23-25-26-27-28-30-32-34-36-38-40-42-44-46-48-62-49-52(50-63-66(60,61)64-51-53(56)55(58)59)65-54(57)47-45-43-41-39-37-35-33-31-29-24-22-20-18-16-14-12-10-8-6-4-2/h5,7,11,13,17,19,23,25,27-28,32,34,52-53H,3-4,6,8-10,12,14-16,18,20-22,24,26,29-31,33,35-51,56H2,1-2H3,(H,58,59)(H,60,61)/b7-5-,13-11-,19-17-,25-23-,28-27-,34-32-. The number of phosphoric ester groups is 1. The van der Waals surface area contributed by atoms with Crippen molar-refractivity contribution in [2.45, 2.75) is 238 Å². The minimum atomic E-state index is -4.63. The fourth-order valence-corrected chi connectivity index (χ4v) is 7.98. The molecule has 0 spiro atoms. The van der Waals surface area contributed by atoms with Crippen LogP contribution in [-0.4, -0.2) is 60.5 Å². The number of nitrogens with two attached hydrogens (primary N) is 1. The minimum absolute atomic E-state index is 0.00230. The molecule has 0 aliphatic rings. The first-order valence-electron chi connectivity index (χ1n) is 26.5. The molecule has 0 radical (unpaired) electrons. The molecule has 11 heteroatoms. The number of hydrogen-bond acceptors (Lipinski definition) is 8. The van der Waals surface area contributed by atoms with Crippen LogP contribution >= 0.6 is 7.82 Å². The Labute approximate surface area is 404 Å². The van der Waals surface area contributed by atoms with Crippen LogP contribution in [0.3, 0.4) is 0 Å². The number of unbranched alkanes of at least 4 members (excludes halogenated alkanes) is 24. The maximum atomic E-state index is 12.7. The lowest BCUT2D eigenvalue weighted by Gasteiger charge is -2.20. The molecular formula is C55H98NO9P. The fourth-order valence-electron chi connectivity index (χ4n) is 7.20. The highest BCUT2D eigenvalue weighted by Crippen LogP contribution is 2.43. The van der Waals surface area contributed by atoms with E-state index < -0.39 is 45.1 Å². The molecule has 3 atom stereocenters. The number of carboxylic acid groups (broad SMARTS) is 1. The van der Waals surface area contributed by atoms with Crippen molar-refractivity contribution in [3.05, 3.63) is 72.9 Å². The summed E-state index contributed by atoms with van der Waals surface area (Å²) >= 11 is 0. The van der Waals surface area contributed by atoms with Gasteiger partial charge in [-0.1, -0.05) is 228 Å². The van der Waals surface area contributed by atoms with E-state index in [0.29, 0.717) is 13.0 Å². The van der Waals surface area contributed by atoms with Gasteiger partial charge in [0.1, 0.15) is 12.1 Å². The predicted molar refractivity (Wildman–Crippen MR) is 277 cm³/mol. The number of rotatable bonds is 50. The van der Waals surface area contributed by atoms with Crippen molar-refractivity contribution < 1.29 is 42.7 Å². The fraction of sp³-hybridized carbons (Fsp3) is 0.745. The molecule has 0 aromatic rings. The minimum Gasteiger partial charge on any atom is -0.480 e. The van der Waals surface area contributed by atoms with Crippen LogP contribution in [0.5, 0.6) is 0 Å². The highest BCUT2D eigenvalue weighted by molar-refractivity contribution is 7.47. The van der Waals surface area contributed by atoms with Gasteiger partial charge in [-0.15, -0.1) is 0 Å². The largest absolute Gasteiger partial charge is 0.480 e. The number of carboxylic acids is 1. The van der Waals surface area contributed by atoms with Gasteiger partial charge < -0.3 is 25.2 Å². The molecule has 0 aliphatic carbocycles. The molecule has 0 aliphatic heterocycles. The maximum Gasteiger partial charge on any atom is 0.472 e. The molecule has 0 rings (SSSR count). The van der Waals surface area contributed by atoms with E-state index >= 15 is 0 Å². The molecule has 0 amide bonds. The highest BCUT2D eigenvalue weighted by Gasteiger charge is 2.27. The Kier molecular flexibility index (Phi) is 48.3. The summed E-state index contributed by atoms with van der Waals surface area (Å²) in [4.78, 5) is 33.7. The zero-order chi connectivity index (χ0) is 48.3. The number of aliphatic carboxylic acids is 1. The topological polar surface area (TPSA) is 155 Å². The first kappa shape index (κ1) is 63.4. The third kappa shape index (κ3) is 49.3. The Morgan fingerprint density at radius 3 is 1.32 bits per heavy atom. The van der Waals surface area contributed by atoms with E-state index in [0.717, 1.165) is 89.9 Å². The summed E-state index contributed by atoms with van der Waals surface area (Å²) in [5.41, 5.74) is 5.38. The molecular weight excluding hydrogens is 850 g/mol. The van der Waals surface area contributed by atoms with Gasteiger partial charge in [0, 0.05) is 13.0 Å². The van der Waals surface area contributed by atoms with Crippen LogP contribution in [0.1, 0.15) is 226 Å². The van der Waals surface area contributed by atoms with Crippen LogP contribution in [0.25, 0.3) is 0 Å². The quantitative estimate of drug-likeness (QED) is 0.0232. The van der Waals surface area contributed by atoms with E-state index in [1.54, 1.807) is 0 Å². The summed E-state index contributed by atoms with van der Waals surface area (Å²) < 4.78 is 33.5. The number of esters is 1. The van der Waals surface area contributed by atoms with Gasteiger partial charge in [0.15, 0.2) is 0 Å². The lowest BCUT2D eigenvalue weighted by molar-refractivity contribution is -0.154. The van der Waals surface area contributed by atoms with E-state index in [-0.39, 0.29) is 13.0 Å². The highest BCUT2D eigenvalue weighted by atomic mass is 31.2. The molecule has 4 N–H and O–H groups in total. The van der Waals surface area contributed by atoms with Gasteiger partial charge in [-0.2, -0.15) is 0 Å². The summed E-state index contributed by atoms with van der Waals surface area (Å²) in [5.74, 6) is -1.78. The SMILES string of the molecule is CC/C=C\C/C=C\C/C=C\C/C=C\C/C=C\C/C=C\CCCCCCCOCC(COP(=O)(O)OCC(N)C(=O)O)OC(=O)CCCCCCCCCCCCCCCCCCCCCC. The summed E-state index contributed by atoms with van der Waals surface area (Å²) in [7, 11) is -4.63. The Balaban J connectivity index is 4.18. The summed E-state index contributed by atoms with van der Waals surface area (Å²) in [6.07, 6.45) is 63.9. The lowest BCUT2D eigenvalue weighted by atomic mass is 10.0. The average molecular weight is 948 g/mol. The van der Waals surface area contributed by atoms with Crippen LogP contribution in [0, 0.1) is 0 Å². The van der Waals surface area contributed by atoms with E-state index in [1.807, 2.05) is 0 Å². The van der Waals surface area contributed by atoms with Crippen LogP contribution in [0.2, 0.25) is 0 Å². The van der Waals surface area contributed by atoms with Crippen LogP contribution in [-0.2, 0) is 32.7 Å². The molecule has 0 heterocycles. The van der Waals surface area contributed by atoms with Crippen LogP contribution < -0.4 is 5.73 Å². The first-order valence-corrected chi connectivity index (χ1v) is 28.0. The summed E-state index contributed by atoms with van der Waals surface area (Å²) in [5, 5.41) is 8.94. The van der Waals surface area contributed by atoms with E-state index in [2.05, 4.69) is 86.8 Å². The molecule has 3 unspecified atom stereocenters. The van der Waals surface area contributed by atoms with E-state index in [1.165, 1.54) is 109 Å². The number of hydrogen-bond donors (Lipinski definition) is 3. The molecule has 0 fully saturated rings. The third-order valence-electron chi connectivity index (χ3n) is 11.3. The lowest BCUT2D eigenvalue weighted by Crippen LogP contribution is -2.34. The Morgan fingerprint density at radius 2 is 0.879 bits per heavy atom. The molecule has 0 saturated heterocycles. The second-order valence-electron chi connectivity index (χ2n) is 17.6. The maximum absolute atomic E-state index is 12.7. The summed E-state index contributed by atoms with van der Waals surface area (Å²) in [6, 6.07) is -1.48. The first-order chi connectivity index (χ1) is 32.2. The van der Waals surface area contributed by atoms with Gasteiger partial charge in [0.25, 0.3) is 0 Å². The number of carbonyl (C=O) groups excluding carboxylic acids is 1. The van der Waals surface area contributed by atoms with Crippen molar-refractivity contribution in [1.29, 1.82) is 0 Å². The number of ether oxygens (including phenoxy) is 2. The van der Waals surface area contributed by atoms with Gasteiger partial charge in [-0.05, 0) is 64.2 Å². The van der Waals surface area contributed by atoms with Crippen molar-refractivity contribution in [1.82, 2.24) is 0 Å². The van der Waals surface area contributed by atoms with Gasteiger partial charge >= 0.3 is 19.8 Å². The zero-order valence-corrected chi connectivity index (χ0v) is 42.9. The van der Waals surface area contributed by atoms with Gasteiger partial charge in [-0.25, -0.2) is 4.57 Å². The Morgan fingerprint density at radius 1 is 0.500 bits per heavy atom. The van der Waals surface area contributed by atoms with Gasteiger partial charge in [0.2, 0.25) is 0 Å². The zero-order valence-electron chi connectivity index (χ0n) is 42.0. The predicted octanol–water partition coefficient (Wildman–Crippen LogP) is 15.7. The molecule has 0 bridgehead atoms. The Hall–Kier alpha value is -2.59. The second kappa shape index (κ2) is 50.3. The van der Waals surface area contributed by atoms with Gasteiger partial charge in [-0.3, -0.25) is 18.6 Å². The molecule has 0 saturated carbocycles. The molecule has 0 aromatic heterocycles. The molecule has 0 aromatic carbocycles. The van der Waals surface area contributed by atoms with Crippen molar-refractivity contribution in [2.75, 3.05) is 26.4 Å². The average Bonchev–Trinajstić information content (AvgIpc) is 3.30. The third-order valence-corrected chi connectivity index (χ3v) is 12.2. The van der Waals surface area contributed by atoms with Crippen LogP contribution in [0.4, 0.5) is 0 Å². The molecule has 66 heavy (non-hydrogen) atoms. The number of carbonyl (C=O) groups is 2. The van der Waals surface area contributed by atoms with Crippen molar-refractivity contribution in [3.8, 4) is 0 Å². The van der Waals surface area contributed by atoms with E-state index in [4.69, 9.17) is 29.4 Å².